The Labute approximate surface area is 97.1 Å². The molecular weight excluding hydrogens is 198 g/mol. The molecule has 1 saturated carbocycles. The molecule has 0 aliphatic heterocycles. The topological polar surface area (TPSA) is 29.1 Å². The molecule has 0 atom stereocenters. The molecule has 1 aromatic carbocycles. The van der Waals surface area contributed by atoms with Crippen LogP contribution in [0.4, 0.5) is 0 Å². The summed E-state index contributed by atoms with van der Waals surface area (Å²) in [5.41, 5.74) is 0.731. The van der Waals surface area contributed by atoms with E-state index < -0.39 is 0 Å². The Balaban J connectivity index is 1.79. The molecule has 0 saturated heterocycles. The Morgan fingerprint density at radius 3 is 2.62 bits per heavy atom. The van der Waals surface area contributed by atoms with Crippen molar-refractivity contribution in [2.75, 3.05) is 6.54 Å². The van der Waals surface area contributed by atoms with E-state index in [2.05, 4.69) is 11.4 Å². The monoisotopic (exact) mass is 216 g/mol. The molecular formula is C14H18NO. The Kier molecular flexibility index (Phi) is 3.97. The van der Waals surface area contributed by atoms with Crippen LogP contribution in [0.3, 0.4) is 0 Å². The average Bonchev–Trinajstić information content (AvgIpc) is 2.38. The van der Waals surface area contributed by atoms with Crippen molar-refractivity contribution in [1.29, 1.82) is 0 Å². The molecule has 1 aliphatic carbocycles. The number of benzene rings is 1. The first-order valence-electron chi connectivity index (χ1n) is 6.10. The Morgan fingerprint density at radius 1 is 1.25 bits per heavy atom. The first kappa shape index (κ1) is 11.2. The number of amides is 1. The second-order valence-electron chi connectivity index (χ2n) is 4.50. The largest absolute Gasteiger partial charge is 0.352 e. The lowest BCUT2D eigenvalue weighted by Gasteiger charge is -2.21. The highest BCUT2D eigenvalue weighted by Gasteiger charge is 2.14. The van der Waals surface area contributed by atoms with Gasteiger partial charge in [-0.25, -0.2) is 0 Å². The summed E-state index contributed by atoms with van der Waals surface area (Å²) in [7, 11) is 0. The van der Waals surface area contributed by atoms with Crippen molar-refractivity contribution in [2.45, 2.75) is 32.1 Å². The molecule has 2 heteroatoms. The number of carbonyl (C=O) groups is 1. The molecule has 0 bridgehead atoms. The highest BCUT2D eigenvalue weighted by atomic mass is 16.1. The molecule has 1 aliphatic rings. The fraction of sp³-hybridized carbons (Fsp3) is 0.500. The van der Waals surface area contributed by atoms with Crippen LogP contribution in [-0.2, 0) is 0 Å². The number of hydrogen-bond donors (Lipinski definition) is 1. The summed E-state index contributed by atoms with van der Waals surface area (Å²) in [4.78, 5) is 11.8. The molecule has 85 valence electrons. The zero-order valence-corrected chi connectivity index (χ0v) is 9.54. The molecule has 0 aromatic heterocycles. The molecule has 0 unspecified atom stereocenters. The maximum Gasteiger partial charge on any atom is 0.251 e. The normalized spacial score (nSPS) is 17.0. The van der Waals surface area contributed by atoms with Crippen molar-refractivity contribution >= 4 is 5.91 Å². The highest BCUT2D eigenvalue weighted by molar-refractivity contribution is 5.94. The van der Waals surface area contributed by atoms with E-state index >= 15 is 0 Å². The van der Waals surface area contributed by atoms with Crippen LogP contribution in [-0.4, -0.2) is 12.5 Å². The van der Waals surface area contributed by atoms with E-state index in [-0.39, 0.29) is 5.91 Å². The lowest BCUT2D eigenvalue weighted by molar-refractivity contribution is 0.0943. The number of nitrogens with one attached hydrogen (secondary N) is 1. The molecule has 2 rings (SSSR count). The van der Waals surface area contributed by atoms with Crippen LogP contribution in [0.25, 0.3) is 0 Å². The maximum absolute atomic E-state index is 11.8. The number of rotatable bonds is 3. The minimum atomic E-state index is 0.0413. The van der Waals surface area contributed by atoms with E-state index in [1.165, 1.54) is 32.1 Å². The fourth-order valence-electron chi connectivity index (χ4n) is 2.27. The minimum absolute atomic E-state index is 0.0413. The molecule has 0 spiro atoms. The van der Waals surface area contributed by atoms with E-state index in [0.717, 1.165) is 12.1 Å². The number of hydrogen-bond acceptors (Lipinski definition) is 1. The van der Waals surface area contributed by atoms with Gasteiger partial charge in [-0.2, -0.15) is 0 Å². The summed E-state index contributed by atoms with van der Waals surface area (Å²) in [6, 6.07) is 10.1. The molecule has 1 aromatic rings. The SMILES string of the molecule is O=C(NCC1CCCCC1)c1cc[c]cc1. The van der Waals surface area contributed by atoms with Gasteiger partial charge >= 0.3 is 0 Å². The van der Waals surface area contributed by atoms with Gasteiger partial charge in [-0.15, -0.1) is 0 Å². The zero-order valence-electron chi connectivity index (χ0n) is 9.54. The van der Waals surface area contributed by atoms with Crippen molar-refractivity contribution in [3.63, 3.8) is 0 Å². The predicted molar refractivity (Wildman–Crippen MR) is 64.2 cm³/mol. The van der Waals surface area contributed by atoms with Gasteiger partial charge < -0.3 is 5.32 Å². The quantitative estimate of drug-likeness (QED) is 0.827. The lowest BCUT2D eigenvalue weighted by atomic mass is 9.89. The number of carbonyl (C=O) groups excluding carboxylic acids is 1. The van der Waals surface area contributed by atoms with Gasteiger partial charge in [0.2, 0.25) is 0 Å². The van der Waals surface area contributed by atoms with E-state index in [4.69, 9.17) is 0 Å². The van der Waals surface area contributed by atoms with Crippen molar-refractivity contribution in [3.8, 4) is 0 Å². The summed E-state index contributed by atoms with van der Waals surface area (Å²) in [5, 5.41) is 3.02. The summed E-state index contributed by atoms with van der Waals surface area (Å²) in [6.07, 6.45) is 6.53. The third-order valence-electron chi connectivity index (χ3n) is 3.26. The maximum atomic E-state index is 11.8. The van der Waals surface area contributed by atoms with E-state index in [1.807, 2.05) is 0 Å². The van der Waals surface area contributed by atoms with Crippen LogP contribution in [0.5, 0.6) is 0 Å². The van der Waals surface area contributed by atoms with Crippen LogP contribution < -0.4 is 5.32 Å². The summed E-state index contributed by atoms with van der Waals surface area (Å²) >= 11 is 0. The van der Waals surface area contributed by atoms with Crippen molar-refractivity contribution in [3.05, 3.63) is 35.9 Å². The average molecular weight is 216 g/mol. The van der Waals surface area contributed by atoms with Crippen LogP contribution >= 0.6 is 0 Å². The molecule has 2 nitrogen and oxygen atoms in total. The van der Waals surface area contributed by atoms with Crippen LogP contribution in [0, 0.1) is 12.0 Å². The first-order valence-corrected chi connectivity index (χ1v) is 6.10. The van der Waals surface area contributed by atoms with Gasteiger partial charge in [0.15, 0.2) is 0 Å². The standard InChI is InChI=1S/C14H18NO/c16-14(13-9-5-2-6-10-13)15-11-12-7-3-1-4-8-12/h5-6,9-10,12H,1,3-4,7-8,11H2,(H,15,16). The lowest BCUT2D eigenvalue weighted by Crippen LogP contribution is -2.30. The van der Waals surface area contributed by atoms with Gasteiger partial charge in [0.25, 0.3) is 5.91 Å². The minimum Gasteiger partial charge on any atom is -0.352 e. The summed E-state index contributed by atoms with van der Waals surface area (Å²) < 4.78 is 0. The predicted octanol–water partition coefficient (Wildman–Crippen LogP) is 2.80. The molecule has 1 amide bonds. The highest BCUT2D eigenvalue weighted by Crippen LogP contribution is 2.22. The van der Waals surface area contributed by atoms with Gasteiger partial charge in [0.1, 0.15) is 0 Å². The molecule has 1 fully saturated rings. The van der Waals surface area contributed by atoms with Gasteiger partial charge in [-0.3, -0.25) is 4.79 Å². The van der Waals surface area contributed by atoms with Crippen LogP contribution in [0.1, 0.15) is 42.5 Å². The summed E-state index contributed by atoms with van der Waals surface area (Å²) in [5.74, 6) is 0.729. The van der Waals surface area contributed by atoms with Crippen molar-refractivity contribution < 1.29 is 4.79 Å². The Bertz CT molecular complexity index is 328. The molecule has 1 radical (unpaired) electrons. The van der Waals surface area contributed by atoms with Crippen LogP contribution in [0.2, 0.25) is 0 Å². The van der Waals surface area contributed by atoms with E-state index in [1.54, 1.807) is 24.3 Å². The first-order chi connectivity index (χ1) is 7.86. The molecule has 1 N–H and O–H groups in total. The van der Waals surface area contributed by atoms with Crippen molar-refractivity contribution in [2.24, 2.45) is 5.92 Å². The van der Waals surface area contributed by atoms with E-state index in [9.17, 15) is 4.79 Å². The van der Waals surface area contributed by atoms with Gasteiger partial charge in [-0.1, -0.05) is 31.4 Å². The molecule has 16 heavy (non-hydrogen) atoms. The molecule has 0 heterocycles. The third-order valence-corrected chi connectivity index (χ3v) is 3.26. The Hall–Kier alpha value is -1.31. The second kappa shape index (κ2) is 5.69. The zero-order chi connectivity index (χ0) is 11.2. The summed E-state index contributed by atoms with van der Waals surface area (Å²) in [6.45, 7) is 0.831. The Morgan fingerprint density at radius 2 is 1.94 bits per heavy atom. The smallest absolute Gasteiger partial charge is 0.251 e. The second-order valence-corrected chi connectivity index (χ2v) is 4.50. The fourth-order valence-corrected chi connectivity index (χ4v) is 2.27. The van der Waals surface area contributed by atoms with Gasteiger partial charge in [-0.05, 0) is 37.0 Å². The van der Waals surface area contributed by atoms with Gasteiger partial charge in [0.05, 0.1) is 0 Å². The van der Waals surface area contributed by atoms with Crippen molar-refractivity contribution in [1.82, 2.24) is 5.32 Å². The van der Waals surface area contributed by atoms with E-state index in [0.29, 0.717) is 5.92 Å². The van der Waals surface area contributed by atoms with Gasteiger partial charge in [0, 0.05) is 12.1 Å². The third kappa shape index (κ3) is 3.09. The van der Waals surface area contributed by atoms with Crippen LogP contribution in [0.15, 0.2) is 24.3 Å².